The van der Waals surface area contributed by atoms with Gasteiger partial charge in [-0.1, -0.05) is 102 Å². The molecule has 0 nitrogen and oxygen atoms in total. The first-order valence-corrected chi connectivity index (χ1v) is 14.7. The Bertz CT molecular complexity index is 632. The highest BCUT2D eigenvalue weighted by molar-refractivity contribution is 6.80. The van der Waals surface area contributed by atoms with Gasteiger partial charge in [0.2, 0.25) is 0 Å². The summed E-state index contributed by atoms with van der Waals surface area (Å²) in [6, 6.07) is 0. The van der Waals surface area contributed by atoms with Crippen LogP contribution in [0.3, 0.4) is 0 Å². The van der Waals surface area contributed by atoms with Crippen molar-refractivity contribution in [1.29, 1.82) is 0 Å². The van der Waals surface area contributed by atoms with Gasteiger partial charge in [0.15, 0.2) is 0 Å². The standard InChI is InChI=1S/C26H40Si/c1-7-12-20-17(2)18(3)25(19(20)4)27(5,6)26-23-15-10-8-13-21(23)22-14-9-11-16-24(22)26/h8-11,13-26H,7,12H2,1-6H3. The van der Waals surface area contributed by atoms with Crippen molar-refractivity contribution in [2.75, 3.05) is 0 Å². The molecule has 1 heteroatoms. The monoisotopic (exact) mass is 380 g/mol. The second-order valence-electron chi connectivity index (χ2n) is 10.8. The summed E-state index contributed by atoms with van der Waals surface area (Å²) in [6.45, 7) is 15.7. The van der Waals surface area contributed by atoms with E-state index in [1.54, 1.807) is 0 Å². The predicted octanol–water partition coefficient (Wildman–Crippen LogP) is 7.50. The van der Waals surface area contributed by atoms with Gasteiger partial charge in [0.25, 0.3) is 0 Å². The van der Waals surface area contributed by atoms with E-state index in [1.165, 1.54) is 12.8 Å². The van der Waals surface area contributed by atoms with Gasteiger partial charge in [0, 0.05) is 0 Å². The minimum absolute atomic E-state index is 0.730. The van der Waals surface area contributed by atoms with Crippen LogP contribution < -0.4 is 0 Å². The fraction of sp³-hybridized carbons (Fsp3) is 0.692. The van der Waals surface area contributed by atoms with E-state index in [-0.39, 0.29) is 0 Å². The quantitative estimate of drug-likeness (QED) is 0.443. The zero-order valence-corrected chi connectivity index (χ0v) is 19.3. The van der Waals surface area contributed by atoms with Crippen LogP contribution in [-0.4, -0.2) is 8.07 Å². The Hall–Kier alpha value is -0.823. The fourth-order valence-electron chi connectivity index (χ4n) is 8.40. The van der Waals surface area contributed by atoms with Crippen LogP contribution in [0.5, 0.6) is 0 Å². The summed E-state index contributed by atoms with van der Waals surface area (Å²) in [5.74, 6) is 6.62. The molecule has 2 saturated carbocycles. The van der Waals surface area contributed by atoms with Gasteiger partial charge in [0.1, 0.15) is 0 Å². The van der Waals surface area contributed by atoms with Crippen molar-refractivity contribution in [2.45, 2.75) is 64.7 Å². The van der Waals surface area contributed by atoms with Crippen molar-refractivity contribution in [3.8, 4) is 0 Å². The van der Waals surface area contributed by atoms with Crippen molar-refractivity contribution in [1.82, 2.24) is 0 Å². The molecule has 0 aromatic rings. The van der Waals surface area contributed by atoms with E-state index in [9.17, 15) is 0 Å². The first-order valence-electron chi connectivity index (χ1n) is 11.6. The number of rotatable bonds is 4. The predicted molar refractivity (Wildman–Crippen MR) is 121 cm³/mol. The summed E-state index contributed by atoms with van der Waals surface area (Å²) in [7, 11) is -1.46. The highest BCUT2D eigenvalue weighted by atomic mass is 28.3. The molecule has 0 aromatic carbocycles. The number of fused-ring (bicyclic) bond motifs is 3. The highest BCUT2D eigenvalue weighted by Gasteiger charge is 2.59. The normalized spacial score (nSPS) is 48.1. The molecule has 27 heavy (non-hydrogen) atoms. The van der Waals surface area contributed by atoms with Crippen LogP contribution in [0.15, 0.2) is 48.6 Å². The molecule has 9 unspecified atom stereocenters. The number of allylic oxidation sites excluding steroid dienone is 8. The summed E-state index contributed by atoms with van der Waals surface area (Å²) >= 11 is 0. The molecule has 0 aliphatic heterocycles. The maximum Gasteiger partial charge on any atom is 0.0553 e. The molecule has 0 heterocycles. The Morgan fingerprint density at radius 2 is 1.11 bits per heavy atom. The van der Waals surface area contributed by atoms with Gasteiger partial charge in [-0.15, -0.1) is 0 Å². The van der Waals surface area contributed by atoms with Gasteiger partial charge in [-0.3, -0.25) is 0 Å². The lowest BCUT2D eigenvalue weighted by molar-refractivity contribution is 0.301. The third kappa shape index (κ3) is 2.91. The van der Waals surface area contributed by atoms with E-state index in [4.69, 9.17) is 0 Å². The minimum Gasteiger partial charge on any atom is -0.0808 e. The summed E-state index contributed by atoms with van der Waals surface area (Å²) in [4.78, 5) is 0. The molecule has 4 rings (SSSR count). The van der Waals surface area contributed by atoms with E-state index < -0.39 is 8.07 Å². The highest BCUT2D eigenvalue weighted by Crippen LogP contribution is 2.65. The molecule has 0 radical (unpaired) electrons. The molecule has 0 bridgehead atoms. The molecule has 9 atom stereocenters. The first kappa shape index (κ1) is 19.5. The van der Waals surface area contributed by atoms with Crippen LogP contribution in [0.25, 0.3) is 0 Å². The van der Waals surface area contributed by atoms with Crippen LogP contribution in [0, 0.1) is 47.3 Å². The molecule has 0 spiro atoms. The smallest absolute Gasteiger partial charge is 0.0553 e. The van der Waals surface area contributed by atoms with Gasteiger partial charge < -0.3 is 0 Å². The third-order valence-corrected chi connectivity index (χ3v) is 14.6. The largest absolute Gasteiger partial charge is 0.0808 e. The van der Waals surface area contributed by atoms with Crippen LogP contribution in [0.2, 0.25) is 24.2 Å². The van der Waals surface area contributed by atoms with Crippen molar-refractivity contribution in [3.05, 3.63) is 48.6 Å². The Labute approximate surface area is 168 Å². The molecular weight excluding hydrogens is 340 g/mol. The molecule has 0 N–H and O–H groups in total. The van der Waals surface area contributed by atoms with Gasteiger partial charge in [-0.05, 0) is 58.4 Å². The van der Waals surface area contributed by atoms with Crippen molar-refractivity contribution < 1.29 is 0 Å². The van der Waals surface area contributed by atoms with Gasteiger partial charge in [-0.25, -0.2) is 0 Å². The van der Waals surface area contributed by atoms with Crippen molar-refractivity contribution >= 4 is 8.07 Å². The van der Waals surface area contributed by atoms with E-state index in [2.05, 4.69) is 89.4 Å². The lowest BCUT2D eigenvalue weighted by atomic mass is 9.83. The van der Waals surface area contributed by atoms with Crippen LogP contribution in [-0.2, 0) is 0 Å². The maximum absolute atomic E-state index is 2.77. The molecule has 0 aromatic heterocycles. The van der Waals surface area contributed by atoms with Crippen LogP contribution in [0.4, 0.5) is 0 Å². The fourth-order valence-corrected chi connectivity index (χ4v) is 14.8. The number of hydrogen-bond acceptors (Lipinski definition) is 0. The lowest BCUT2D eigenvalue weighted by Crippen LogP contribution is -2.45. The zero-order valence-electron chi connectivity index (χ0n) is 18.3. The zero-order chi connectivity index (χ0) is 19.3. The minimum atomic E-state index is -1.46. The van der Waals surface area contributed by atoms with E-state index >= 15 is 0 Å². The Kier molecular flexibility index (Phi) is 5.21. The van der Waals surface area contributed by atoms with E-state index in [0.717, 1.165) is 58.4 Å². The molecule has 4 aliphatic rings. The number of hydrogen-bond donors (Lipinski definition) is 0. The van der Waals surface area contributed by atoms with Crippen molar-refractivity contribution in [3.63, 3.8) is 0 Å². The third-order valence-electron chi connectivity index (χ3n) is 9.37. The molecule has 0 amide bonds. The summed E-state index contributed by atoms with van der Waals surface area (Å²) < 4.78 is 0. The average molecular weight is 381 g/mol. The van der Waals surface area contributed by atoms with Crippen LogP contribution in [0.1, 0.15) is 40.5 Å². The van der Waals surface area contributed by atoms with Gasteiger partial charge in [-0.2, -0.15) is 0 Å². The molecule has 2 fully saturated rings. The second-order valence-corrected chi connectivity index (χ2v) is 15.7. The van der Waals surface area contributed by atoms with E-state index in [1.807, 2.05) is 0 Å². The topological polar surface area (TPSA) is 0 Å². The first-order chi connectivity index (χ1) is 12.9. The SMILES string of the molecule is CCCC1C(C)C(C)C([Si](C)(C)C2C3C=CC=CC3C3C=CC=CC32)C1C. The summed E-state index contributed by atoms with van der Waals surface area (Å²) in [5.41, 5.74) is 1.85. The molecule has 4 aliphatic carbocycles. The van der Waals surface area contributed by atoms with Gasteiger partial charge in [0.05, 0.1) is 8.07 Å². The lowest BCUT2D eigenvalue weighted by Gasteiger charge is -2.45. The van der Waals surface area contributed by atoms with E-state index in [0.29, 0.717) is 0 Å². The molecular formula is C26H40Si. The van der Waals surface area contributed by atoms with Gasteiger partial charge >= 0.3 is 0 Å². The maximum atomic E-state index is 2.77. The molecule has 0 saturated heterocycles. The summed E-state index contributed by atoms with van der Waals surface area (Å²) in [5, 5.41) is 0. The van der Waals surface area contributed by atoms with Crippen molar-refractivity contribution in [2.24, 2.45) is 47.3 Å². The Morgan fingerprint density at radius 1 is 0.630 bits per heavy atom. The second kappa shape index (κ2) is 7.21. The summed E-state index contributed by atoms with van der Waals surface area (Å²) in [6.07, 6.45) is 22.3. The Morgan fingerprint density at radius 3 is 1.59 bits per heavy atom. The molecule has 148 valence electrons. The Balaban J connectivity index is 1.70. The van der Waals surface area contributed by atoms with Crippen LogP contribution >= 0.6 is 0 Å². The average Bonchev–Trinajstić information content (AvgIpc) is 3.10.